The lowest BCUT2D eigenvalue weighted by molar-refractivity contribution is -0.268. The zero-order chi connectivity index (χ0) is 34.4. The molecule has 2 rings (SSSR count). The zero-order valence-electron chi connectivity index (χ0n) is 30.2. The van der Waals surface area contributed by atoms with Crippen molar-refractivity contribution in [3.05, 3.63) is 29.8 Å². The predicted octanol–water partition coefficient (Wildman–Crippen LogP) is 7.48. The number of hydrogen-bond acceptors (Lipinski definition) is 9. The maximum atomic E-state index is 12.4. The van der Waals surface area contributed by atoms with Crippen LogP contribution in [0.3, 0.4) is 0 Å². The van der Waals surface area contributed by atoms with E-state index in [0.717, 1.165) is 18.4 Å². The second-order valence-electron chi connectivity index (χ2n) is 14.5. The molecule has 0 saturated carbocycles. The van der Waals surface area contributed by atoms with Gasteiger partial charge in [0.05, 0.1) is 45.2 Å². The number of aliphatic hydroxyl groups is 1. The average molecular weight is 702 g/mol. The molecule has 5 atom stereocenters. The van der Waals surface area contributed by atoms with Gasteiger partial charge in [-0.25, -0.2) is 0 Å². The quantitative estimate of drug-likeness (QED) is 0.0769. The van der Waals surface area contributed by atoms with Gasteiger partial charge in [0.25, 0.3) is 0 Å². The first kappa shape index (κ1) is 41.5. The van der Waals surface area contributed by atoms with Crippen molar-refractivity contribution < 1.29 is 33.3 Å². The summed E-state index contributed by atoms with van der Waals surface area (Å²) in [6.45, 7) is 25.2. The van der Waals surface area contributed by atoms with Crippen LogP contribution in [-0.2, 0) is 34.6 Å². The molecule has 2 N–H and O–H groups in total. The first-order valence-corrected chi connectivity index (χ1v) is 22.1. The molecular formula is C35H63NO7S2Si. The highest BCUT2D eigenvalue weighted by Crippen LogP contribution is 2.44. The smallest absolute Gasteiger partial charge is 0.220 e. The minimum Gasteiger partial charge on any atom is -0.408 e. The fraction of sp³-hybridized carbons (Fsp3) is 0.800. The van der Waals surface area contributed by atoms with E-state index in [0.29, 0.717) is 64.3 Å². The van der Waals surface area contributed by atoms with Gasteiger partial charge in [-0.2, -0.15) is 0 Å². The lowest BCUT2D eigenvalue weighted by Crippen LogP contribution is -2.56. The van der Waals surface area contributed by atoms with Crippen LogP contribution in [0.1, 0.15) is 80.2 Å². The lowest BCUT2D eigenvalue weighted by Gasteiger charge is -2.49. The van der Waals surface area contributed by atoms with Crippen molar-refractivity contribution in [2.75, 3.05) is 46.2 Å². The summed E-state index contributed by atoms with van der Waals surface area (Å²) in [5.41, 5.74) is 1.15. The molecule has 1 aromatic carbocycles. The molecule has 11 heteroatoms. The highest BCUT2D eigenvalue weighted by atomic mass is 33.1. The largest absolute Gasteiger partial charge is 0.408 e. The number of carbonyl (C=O) groups excluding carboxylic acids is 1. The van der Waals surface area contributed by atoms with Gasteiger partial charge in [-0.05, 0) is 74.7 Å². The van der Waals surface area contributed by atoms with Gasteiger partial charge in [0.2, 0.25) is 5.91 Å². The summed E-state index contributed by atoms with van der Waals surface area (Å²) in [6, 6.07) is 8.15. The lowest BCUT2D eigenvalue weighted by atomic mass is 9.82. The van der Waals surface area contributed by atoms with E-state index >= 15 is 0 Å². The molecule has 1 saturated heterocycles. The number of aliphatic hydroxyl groups excluding tert-OH is 1. The van der Waals surface area contributed by atoms with E-state index in [2.05, 4.69) is 85.9 Å². The summed E-state index contributed by atoms with van der Waals surface area (Å²) >= 11 is 0. The molecular weight excluding hydrogens is 639 g/mol. The minimum atomic E-state index is -2.00. The molecule has 1 amide bonds. The van der Waals surface area contributed by atoms with Gasteiger partial charge in [-0.3, -0.25) is 4.79 Å². The molecule has 8 nitrogen and oxygen atoms in total. The van der Waals surface area contributed by atoms with Gasteiger partial charge < -0.3 is 33.8 Å². The Kier molecular flexibility index (Phi) is 18.2. The van der Waals surface area contributed by atoms with Crippen molar-refractivity contribution in [1.82, 2.24) is 5.32 Å². The van der Waals surface area contributed by atoms with Crippen molar-refractivity contribution in [2.45, 2.75) is 127 Å². The Morgan fingerprint density at radius 3 is 2.30 bits per heavy atom. The minimum absolute atomic E-state index is 0.0335. The first-order chi connectivity index (χ1) is 21.6. The molecule has 1 aromatic rings. The topological polar surface area (TPSA) is 95.5 Å². The Labute approximate surface area is 288 Å². The molecule has 1 fully saturated rings. The van der Waals surface area contributed by atoms with Gasteiger partial charge in [-0.1, -0.05) is 81.3 Å². The number of amides is 1. The van der Waals surface area contributed by atoms with Crippen LogP contribution in [0.5, 0.6) is 0 Å². The van der Waals surface area contributed by atoms with Crippen molar-refractivity contribution in [3.8, 4) is 0 Å². The fourth-order valence-electron chi connectivity index (χ4n) is 4.96. The van der Waals surface area contributed by atoms with E-state index in [1.807, 2.05) is 12.1 Å². The number of hydrogen-bond donors (Lipinski definition) is 2. The summed E-state index contributed by atoms with van der Waals surface area (Å²) in [4.78, 5) is 13.6. The standard InChI is InChI=1S/C35H63NO7S2Si/c1-11-29-26(2)27(3)32(43-46(9,10)34(4,5)6)33(42-29)41-25-24-40-23-22-39-21-19-36-31(38)16-18-35(7,8)45-44-30-15-13-12-14-28(30)17-20-37/h12-15,26-27,29,32-33,37H,11,16-25H2,1-10H3,(H,36,38). The summed E-state index contributed by atoms with van der Waals surface area (Å²) in [5, 5.41) is 12.4. The van der Waals surface area contributed by atoms with Crippen LogP contribution in [-0.4, -0.2) is 88.8 Å². The molecule has 5 unspecified atom stereocenters. The number of rotatable bonds is 21. The Bertz CT molecular complexity index is 1020. The van der Waals surface area contributed by atoms with Gasteiger partial charge in [0, 0.05) is 29.2 Å². The maximum Gasteiger partial charge on any atom is 0.220 e. The third kappa shape index (κ3) is 14.1. The monoisotopic (exact) mass is 701 g/mol. The molecule has 0 bridgehead atoms. The molecule has 0 spiro atoms. The SMILES string of the molecule is CCC1OC(OCCOCCOCCNC(=O)CCC(C)(C)SSc2ccccc2CCO)C(O[Si](C)(C)C(C)(C)C)C(C)C1C. The van der Waals surface area contributed by atoms with Crippen LogP contribution < -0.4 is 5.32 Å². The van der Waals surface area contributed by atoms with E-state index in [-0.39, 0.29) is 34.5 Å². The molecule has 1 aliphatic rings. The third-order valence-electron chi connectivity index (χ3n) is 9.27. The van der Waals surface area contributed by atoms with Crippen molar-refractivity contribution in [3.63, 3.8) is 0 Å². The highest BCUT2D eigenvalue weighted by molar-refractivity contribution is 8.77. The number of benzene rings is 1. The summed E-state index contributed by atoms with van der Waals surface area (Å²) in [7, 11) is 1.48. The first-order valence-electron chi connectivity index (χ1n) is 17.0. The Hall–Kier alpha value is -0.633. The molecule has 1 heterocycles. The predicted molar refractivity (Wildman–Crippen MR) is 194 cm³/mol. The van der Waals surface area contributed by atoms with E-state index in [9.17, 15) is 9.90 Å². The Morgan fingerprint density at radius 2 is 1.65 bits per heavy atom. The molecule has 266 valence electrons. The van der Waals surface area contributed by atoms with Gasteiger partial charge in [-0.15, -0.1) is 0 Å². The van der Waals surface area contributed by atoms with E-state index in [1.165, 1.54) is 4.90 Å². The number of carbonyl (C=O) groups is 1. The Morgan fingerprint density at radius 1 is 1.00 bits per heavy atom. The molecule has 0 aliphatic carbocycles. The highest BCUT2D eigenvalue weighted by Gasteiger charge is 2.47. The third-order valence-corrected chi connectivity index (χ3v) is 17.2. The normalized spacial score (nSPS) is 22.6. The number of ether oxygens (including phenoxy) is 4. The van der Waals surface area contributed by atoms with Gasteiger partial charge >= 0.3 is 0 Å². The van der Waals surface area contributed by atoms with Crippen molar-refractivity contribution in [1.29, 1.82) is 0 Å². The maximum absolute atomic E-state index is 12.4. The summed E-state index contributed by atoms with van der Waals surface area (Å²) in [6.07, 6.45) is 2.49. The van der Waals surface area contributed by atoms with Crippen LogP contribution in [0.15, 0.2) is 29.2 Å². The summed E-state index contributed by atoms with van der Waals surface area (Å²) in [5.74, 6) is 0.772. The van der Waals surface area contributed by atoms with E-state index < -0.39 is 14.6 Å². The van der Waals surface area contributed by atoms with Crippen LogP contribution in [0.25, 0.3) is 0 Å². The van der Waals surface area contributed by atoms with Crippen LogP contribution >= 0.6 is 21.6 Å². The molecule has 0 radical (unpaired) electrons. The Balaban J connectivity index is 1.60. The van der Waals surface area contributed by atoms with Crippen LogP contribution in [0, 0.1) is 11.8 Å². The second kappa shape index (κ2) is 20.1. The van der Waals surface area contributed by atoms with Crippen LogP contribution in [0.4, 0.5) is 0 Å². The van der Waals surface area contributed by atoms with Crippen LogP contribution in [0.2, 0.25) is 18.1 Å². The van der Waals surface area contributed by atoms with Gasteiger partial charge in [0.15, 0.2) is 14.6 Å². The van der Waals surface area contributed by atoms with E-state index in [4.69, 9.17) is 23.4 Å². The van der Waals surface area contributed by atoms with Crippen molar-refractivity contribution >= 4 is 35.8 Å². The molecule has 0 aromatic heterocycles. The van der Waals surface area contributed by atoms with Gasteiger partial charge in [0.1, 0.15) is 0 Å². The molecule has 46 heavy (non-hydrogen) atoms. The average Bonchev–Trinajstić information content (AvgIpc) is 2.99. The number of nitrogens with one attached hydrogen (secondary N) is 1. The summed E-state index contributed by atoms with van der Waals surface area (Å²) < 4.78 is 30.8. The molecule has 1 aliphatic heterocycles. The second-order valence-corrected chi connectivity index (χ2v) is 22.1. The zero-order valence-corrected chi connectivity index (χ0v) is 32.8. The van der Waals surface area contributed by atoms with Crippen molar-refractivity contribution in [2.24, 2.45) is 11.8 Å². The van der Waals surface area contributed by atoms with E-state index in [1.54, 1.807) is 21.6 Å². The fourth-order valence-corrected chi connectivity index (χ4v) is 8.92.